The Hall–Kier alpha value is -1.67. The molecule has 8 heteroatoms. The van der Waals surface area contributed by atoms with Gasteiger partial charge in [-0.15, -0.1) is 0 Å². The molecule has 2 N–H and O–H groups in total. The lowest BCUT2D eigenvalue weighted by molar-refractivity contribution is -0.383. The molecule has 1 fully saturated rings. The lowest BCUT2D eigenvalue weighted by atomic mass is 10.3. The number of anilines is 1. The van der Waals surface area contributed by atoms with Gasteiger partial charge in [-0.1, -0.05) is 12.8 Å². The Balaban J connectivity index is 2.34. The van der Waals surface area contributed by atoms with E-state index in [4.69, 9.17) is 5.73 Å². The maximum absolute atomic E-state index is 12.5. The fourth-order valence-electron chi connectivity index (χ4n) is 2.49. The Morgan fingerprint density at radius 3 is 2.45 bits per heavy atom. The molecular weight excluding hydrogens is 282 g/mol. The van der Waals surface area contributed by atoms with Crippen molar-refractivity contribution >= 4 is 21.4 Å². The van der Waals surface area contributed by atoms with E-state index in [1.807, 2.05) is 0 Å². The topological polar surface area (TPSA) is 107 Å². The molecule has 0 spiro atoms. The van der Waals surface area contributed by atoms with E-state index in [1.54, 1.807) is 7.05 Å². The number of sulfonamides is 1. The predicted molar refractivity (Wildman–Crippen MR) is 74.7 cm³/mol. The third-order valence-electron chi connectivity index (χ3n) is 3.71. The van der Waals surface area contributed by atoms with E-state index in [0.29, 0.717) is 0 Å². The van der Waals surface area contributed by atoms with E-state index >= 15 is 0 Å². The summed E-state index contributed by atoms with van der Waals surface area (Å²) < 4.78 is 26.3. The van der Waals surface area contributed by atoms with Gasteiger partial charge in [-0.3, -0.25) is 10.1 Å². The molecule has 0 aromatic heterocycles. The van der Waals surface area contributed by atoms with Crippen LogP contribution in [0.2, 0.25) is 0 Å². The molecule has 2 rings (SSSR count). The molecule has 0 heterocycles. The van der Waals surface area contributed by atoms with Crippen LogP contribution in [-0.2, 0) is 10.0 Å². The van der Waals surface area contributed by atoms with Gasteiger partial charge >= 0.3 is 0 Å². The van der Waals surface area contributed by atoms with Crippen LogP contribution in [0.4, 0.5) is 11.4 Å². The van der Waals surface area contributed by atoms with Crippen molar-refractivity contribution < 1.29 is 13.3 Å². The summed E-state index contributed by atoms with van der Waals surface area (Å²) in [4.78, 5) is 10.1. The lowest BCUT2D eigenvalue weighted by Crippen LogP contribution is -2.35. The highest BCUT2D eigenvalue weighted by Gasteiger charge is 2.30. The smallest absolute Gasteiger partial charge is 0.292 e. The van der Waals surface area contributed by atoms with Gasteiger partial charge in [0.15, 0.2) is 0 Å². The van der Waals surface area contributed by atoms with Gasteiger partial charge in [0.2, 0.25) is 10.0 Å². The molecule has 0 amide bonds. The van der Waals surface area contributed by atoms with Crippen molar-refractivity contribution in [3.8, 4) is 0 Å². The van der Waals surface area contributed by atoms with Crippen LogP contribution in [0.1, 0.15) is 25.7 Å². The molecule has 1 aliphatic rings. The summed E-state index contributed by atoms with van der Waals surface area (Å²) in [6.45, 7) is 0. The van der Waals surface area contributed by atoms with Crippen molar-refractivity contribution in [1.29, 1.82) is 0 Å². The average Bonchev–Trinajstić information content (AvgIpc) is 2.90. The monoisotopic (exact) mass is 299 g/mol. The Kier molecular flexibility index (Phi) is 3.96. The normalized spacial score (nSPS) is 16.7. The highest BCUT2D eigenvalue weighted by atomic mass is 32.2. The number of hydrogen-bond donors (Lipinski definition) is 1. The fraction of sp³-hybridized carbons (Fsp3) is 0.500. The molecule has 1 aromatic carbocycles. The Bertz CT molecular complexity index is 624. The van der Waals surface area contributed by atoms with Crippen LogP contribution < -0.4 is 5.73 Å². The van der Waals surface area contributed by atoms with Crippen molar-refractivity contribution in [3.63, 3.8) is 0 Å². The summed E-state index contributed by atoms with van der Waals surface area (Å²) in [5.74, 6) is 0. The zero-order chi connectivity index (χ0) is 14.9. The van der Waals surface area contributed by atoms with Crippen LogP contribution in [0.3, 0.4) is 0 Å². The first-order valence-corrected chi connectivity index (χ1v) is 7.80. The van der Waals surface area contributed by atoms with Crippen molar-refractivity contribution in [2.24, 2.45) is 0 Å². The van der Waals surface area contributed by atoms with Gasteiger partial charge in [0.25, 0.3) is 5.69 Å². The molecule has 0 saturated heterocycles. The molecular formula is C12H17N3O4S. The third-order valence-corrected chi connectivity index (χ3v) is 5.62. The number of benzene rings is 1. The van der Waals surface area contributed by atoms with Crippen LogP contribution in [0.15, 0.2) is 23.1 Å². The number of nitro groups is 1. The van der Waals surface area contributed by atoms with Crippen LogP contribution in [0, 0.1) is 10.1 Å². The summed E-state index contributed by atoms with van der Waals surface area (Å²) in [5.41, 5.74) is 5.12. The van der Waals surface area contributed by atoms with Gasteiger partial charge in [-0.2, -0.15) is 4.31 Å². The molecule has 1 saturated carbocycles. The first-order chi connectivity index (χ1) is 9.34. The summed E-state index contributed by atoms with van der Waals surface area (Å²) in [6, 6.07) is 3.51. The lowest BCUT2D eigenvalue weighted by Gasteiger charge is -2.23. The van der Waals surface area contributed by atoms with Gasteiger partial charge < -0.3 is 5.73 Å². The second-order valence-corrected chi connectivity index (χ2v) is 6.93. The van der Waals surface area contributed by atoms with E-state index in [1.165, 1.54) is 10.4 Å². The van der Waals surface area contributed by atoms with Gasteiger partial charge in [0.1, 0.15) is 5.69 Å². The zero-order valence-corrected chi connectivity index (χ0v) is 12.0. The van der Waals surface area contributed by atoms with Crippen molar-refractivity contribution in [1.82, 2.24) is 4.31 Å². The number of nitrogens with two attached hydrogens (primary N) is 1. The molecule has 7 nitrogen and oxygen atoms in total. The van der Waals surface area contributed by atoms with Crippen LogP contribution in [-0.4, -0.2) is 30.7 Å². The molecule has 0 aliphatic heterocycles. The van der Waals surface area contributed by atoms with Crippen LogP contribution >= 0.6 is 0 Å². The number of nitro benzene ring substituents is 1. The van der Waals surface area contributed by atoms with Gasteiger partial charge in [0, 0.05) is 19.2 Å². The summed E-state index contributed by atoms with van der Waals surface area (Å²) in [6.07, 6.45) is 3.73. The van der Waals surface area contributed by atoms with Crippen molar-refractivity contribution in [3.05, 3.63) is 28.3 Å². The maximum atomic E-state index is 12.5. The first kappa shape index (κ1) is 14.7. The highest BCUT2D eigenvalue weighted by Crippen LogP contribution is 2.30. The number of nitrogen functional groups attached to an aromatic ring is 1. The average molecular weight is 299 g/mol. The largest absolute Gasteiger partial charge is 0.393 e. The Morgan fingerprint density at radius 1 is 1.35 bits per heavy atom. The van der Waals surface area contributed by atoms with Crippen molar-refractivity contribution in [2.75, 3.05) is 12.8 Å². The minimum atomic E-state index is -3.66. The third kappa shape index (κ3) is 2.61. The zero-order valence-electron chi connectivity index (χ0n) is 11.2. The molecule has 0 bridgehead atoms. The van der Waals surface area contributed by atoms with E-state index in [2.05, 4.69) is 0 Å². The molecule has 1 aromatic rings. The SMILES string of the molecule is CN(C1CCCC1)S(=O)(=O)c1ccc([N+](=O)[O-])c(N)c1. The highest BCUT2D eigenvalue weighted by molar-refractivity contribution is 7.89. The molecule has 0 unspecified atom stereocenters. The van der Waals surface area contributed by atoms with Crippen LogP contribution in [0.25, 0.3) is 0 Å². The molecule has 1 aliphatic carbocycles. The van der Waals surface area contributed by atoms with E-state index in [0.717, 1.165) is 37.8 Å². The minimum absolute atomic E-state index is 0.00332. The Morgan fingerprint density at radius 2 is 1.95 bits per heavy atom. The molecule has 0 atom stereocenters. The minimum Gasteiger partial charge on any atom is -0.393 e. The maximum Gasteiger partial charge on any atom is 0.292 e. The molecule has 110 valence electrons. The fourth-order valence-corrected chi connectivity index (χ4v) is 3.94. The summed E-state index contributed by atoms with van der Waals surface area (Å²) >= 11 is 0. The second kappa shape index (κ2) is 5.37. The predicted octanol–water partition coefficient (Wildman–Crippen LogP) is 1.74. The first-order valence-electron chi connectivity index (χ1n) is 6.36. The van der Waals surface area contributed by atoms with E-state index < -0.39 is 14.9 Å². The number of rotatable bonds is 4. The summed E-state index contributed by atoms with van der Waals surface area (Å²) in [7, 11) is -2.11. The summed E-state index contributed by atoms with van der Waals surface area (Å²) in [5, 5.41) is 10.7. The van der Waals surface area contributed by atoms with Gasteiger partial charge in [-0.25, -0.2) is 8.42 Å². The molecule has 0 radical (unpaired) electrons. The van der Waals surface area contributed by atoms with E-state index in [9.17, 15) is 18.5 Å². The molecule has 20 heavy (non-hydrogen) atoms. The number of hydrogen-bond acceptors (Lipinski definition) is 5. The Labute approximate surface area is 117 Å². The van der Waals surface area contributed by atoms with E-state index in [-0.39, 0.29) is 22.3 Å². The number of nitrogens with zero attached hydrogens (tertiary/aromatic N) is 2. The second-order valence-electron chi connectivity index (χ2n) is 4.94. The standard InChI is InChI=1S/C12H17N3O4S/c1-14(9-4-2-3-5-9)20(18,19)10-6-7-12(15(16)17)11(13)8-10/h6-9H,2-5,13H2,1H3. The van der Waals surface area contributed by atoms with Crippen LogP contribution in [0.5, 0.6) is 0 Å². The van der Waals surface area contributed by atoms with Gasteiger partial charge in [-0.05, 0) is 25.0 Å². The van der Waals surface area contributed by atoms with Crippen molar-refractivity contribution in [2.45, 2.75) is 36.6 Å². The quantitative estimate of drug-likeness (QED) is 0.517. The van der Waals surface area contributed by atoms with Gasteiger partial charge in [0.05, 0.1) is 9.82 Å².